The monoisotopic (exact) mass is 596 g/mol. The van der Waals surface area contributed by atoms with Crippen LogP contribution in [-0.4, -0.2) is 51.6 Å². The van der Waals surface area contributed by atoms with Crippen LogP contribution in [0.5, 0.6) is 0 Å². The zero-order valence-electron chi connectivity index (χ0n) is 23.0. The van der Waals surface area contributed by atoms with Crippen LogP contribution < -0.4 is 4.31 Å². The Bertz CT molecular complexity index is 1620. The molecule has 0 radical (unpaired) electrons. The number of amides is 1. The summed E-state index contributed by atoms with van der Waals surface area (Å²) in [4.78, 5) is 26.9. The highest BCUT2D eigenvalue weighted by molar-refractivity contribution is 7.92. The smallest absolute Gasteiger partial charge is 0.410 e. The molecule has 1 spiro atoms. The van der Waals surface area contributed by atoms with Gasteiger partial charge in [-0.25, -0.2) is 26.8 Å². The number of anilines is 1. The lowest BCUT2D eigenvalue weighted by molar-refractivity contribution is 0.0594. The standard InChI is InChI=1S/C31H30F2N2O6S/c1-40-29(36)24-13-14-25-26(27(24)33)31(15-17-34(18-16-31)30(37)41-19-20-5-3-2-4-6-20)28(21-7-8-21)35(25)42(38,39)23-11-9-22(32)10-12-23/h2-6,9-14,21,28H,7-8,15-19H2,1H3. The molecule has 3 aromatic rings. The highest BCUT2D eigenvalue weighted by atomic mass is 32.2. The van der Waals surface area contributed by atoms with E-state index >= 15 is 4.39 Å². The molecule has 1 saturated heterocycles. The van der Waals surface area contributed by atoms with E-state index in [4.69, 9.17) is 9.47 Å². The van der Waals surface area contributed by atoms with Gasteiger partial charge in [-0.15, -0.1) is 0 Å². The molecule has 1 unspecified atom stereocenters. The first-order valence-corrected chi connectivity index (χ1v) is 15.3. The Morgan fingerprint density at radius 2 is 1.62 bits per heavy atom. The Morgan fingerprint density at radius 3 is 2.24 bits per heavy atom. The number of carbonyl (C=O) groups is 2. The fourth-order valence-corrected chi connectivity index (χ4v) is 8.30. The van der Waals surface area contributed by atoms with Gasteiger partial charge in [0.2, 0.25) is 0 Å². The minimum absolute atomic E-state index is 0.0508. The van der Waals surface area contributed by atoms with Crippen molar-refractivity contribution in [2.75, 3.05) is 24.5 Å². The molecule has 0 bridgehead atoms. The van der Waals surface area contributed by atoms with Gasteiger partial charge in [0.15, 0.2) is 0 Å². The van der Waals surface area contributed by atoms with Crippen LogP contribution in [0.1, 0.15) is 47.2 Å². The molecule has 3 aromatic carbocycles. The number of benzene rings is 3. The van der Waals surface area contributed by atoms with Gasteiger partial charge in [0, 0.05) is 24.1 Å². The summed E-state index contributed by atoms with van der Waals surface area (Å²) < 4.78 is 70.0. The lowest BCUT2D eigenvalue weighted by atomic mass is 9.68. The first-order valence-electron chi connectivity index (χ1n) is 13.8. The summed E-state index contributed by atoms with van der Waals surface area (Å²) in [6.45, 7) is 0.529. The number of halogens is 2. The van der Waals surface area contributed by atoms with E-state index in [1.54, 1.807) is 4.90 Å². The summed E-state index contributed by atoms with van der Waals surface area (Å²) >= 11 is 0. The van der Waals surface area contributed by atoms with Gasteiger partial charge in [0.25, 0.3) is 10.0 Å². The third kappa shape index (κ3) is 4.69. The lowest BCUT2D eigenvalue weighted by Crippen LogP contribution is -2.54. The third-order valence-corrected chi connectivity index (χ3v) is 10.4. The number of methoxy groups -OCH3 is 1. The minimum atomic E-state index is -4.24. The Hall–Kier alpha value is -3.99. The molecule has 1 atom stereocenters. The van der Waals surface area contributed by atoms with Crippen molar-refractivity contribution in [3.05, 3.63) is 95.1 Å². The molecule has 6 rings (SSSR count). The van der Waals surface area contributed by atoms with E-state index in [9.17, 15) is 22.4 Å². The molecule has 3 aliphatic rings. The van der Waals surface area contributed by atoms with Gasteiger partial charge >= 0.3 is 12.1 Å². The number of nitrogens with zero attached hydrogens (tertiary/aromatic N) is 2. The number of piperidine rings is 1. The Labute approximate surface area is 242 Å². The van der Waals surface area contributed by atoms with Gasteiger partial charge in [-0.1, -0.05) is 30.3 Å². The number of hydrogen-bond donors (Lipinski definition) is 0. The maximum absolute atomic E-state index is 16.4. The van der Waals surface area contributed by atoms with Crippen LogP contribution in [0.2, 0.25) is 0 Å². The fraction of sp³-hybridized carbons (Fsp3) is 0.355. The van der Waals surface area contributed by atoms with Crippen LogP contribution in [0.25, 0.3) is 0 Å². The zero-order valence-corrected chi connectivity index (χ0v) is 23.8. The molecule has 220 valence electrons. The van der Waals surface area contributed by atoms with Gasteiger partial charge < -0.3 is 14.4 Å². The number of likely N-dealkylation sites (tertiary alicyclic amines) is 1. The number of carbonyl (C=O) groups excluding carboxylic acids is 2. The second-order valence-corrected chi connectivity index (χ2v) is 12.8. The number of sulfonamides is 1. The summed E-state index contributed by atoms with van der Waals surface area (Å²) in [5, 5.41) is 0. The van der Waals surface area contributed by atoms with Crippen LogP contribution >= 0.6 is 0 Å². The van der Waals surface area contributed by atoms with E-state index in [-0.39, 0.29) is 60.2 Å². The molecular formula is C31H30F2N2O6S. The van der Waals surface area contributed by atoms with E-state index in [2.05, 4.69) is 0 Å². The van der Waals surface area contributed by atoms with Crippen LogP contribution in [0, 0.1) is 17.6 Å². The Kier molecular flexibility index (Phi) is 7.16. The molecule has 1 amide bonds. The Balaban J connectivity index is 1.38. The molecule has 0 aromatic heterocycles. The minimum Gasteiger partial charge on any atom is -0.465 e. The number of fused-ring (bicyclic) bond motifs is 2. The summed E-state index contributed by atoms with van der Waals surface area (Å²) in [5.74, 6) is -2.31. The molecule has 8 nitrogen and oxygen atoms in total. The molecule has 0 N–H and O–H groups in total. The van der Waals surface area contributed by atoms with Gasteiger partial charge in [0.1, 0.15) is 18.2 Å². The van der Waals surface area contributed by atoms with Crippen molar-refractivity contribution in [2.24, 2.45) is 5.92 Å². The van der Waals surface area contributed by atoms with Crippen LogP contribution in [0.15, 0.2) is 71.6 Å². The van der Waals surface area contributed by atoms with E-state index < -0.39 is 45.2 Å². The summed E-state index contributed by atoms with van der Waals surface area (Å²) in [6, 6.07) is 15.9. The van der Waals surface area contributed by atoms with Gasteiger partial charge in [-0.05, 0) is 73.6 Å². The highest BCUT2D eigenvalue weighted by Crippen LogP contribution is 2.59. The molecule has 11 heteroatoms. The van der Waals surface area contributed by atoms with Crippen molar-refractivity contribution in [1.82, 2.24) is 4.90 Å². The summed E-state index contributed by atoms with van der Waals surface area (Å²) in [7, 11) is -3.09. The van der Waals surface area contributed by atoms with E-state index in [1.807, 2.05) is 30.3 Å². The average Bonchev–Trinajstić information content (AvgIpc) is 3.80. The topological polar surface area (TPSA) is 93.2 Å². The number of rotatable bonds is 6. The maximum atomic E-state index is 16.4. The largest absolute Gasteiger partial charge is 0.465 e. The van der Waals surface area contributed by atoms with Crippen molar-refractivity contribution in [2.45, 2.75) is 48.6 Å². The fourth-order valence-electron chi connectivity index (χ4n) is 6.51. The second-order valence-electron chi connectivity index (χ2n) is 11.0. The maximum Gasteiger partial charge on any atom is 0.410 e. The number of hydrogen-bond acceptors (Lipinski definition) is 6. The van der Waals surface area contributed by atoms with E-state index in [0.29, 0.717) is 0 Å². The molecule has 2 heterocycles. The average molecular weight is 597 g/mol. The second kappa shape index (κ2) is 10.7. The van der Waals surface area contributed by atoms with Crippen molar-refractivity contribution in [1.29, 1.82) is 0 Å². The van der Waals surface area contributed by atoms with Crippen molar-refractivity contribution in [3.8, 4) is 0 Å². The first kappa shape index (κ1) is 28.1. The zero-order chi connectivity index (χ0) is 29.6. The lowest BCUT2D eigenvalue weighted by Gasteiger charge is -2.44. The van der Waals surface area contributed by atoms with Crippen LogP contribution in [0.4, 0.5) is 19.3 Å². The van der Waals surface area contributed by atoms with Crippen LogP contribution in [-0.2, 0) is 31.5 Å². The van der Waals surface area contributed by atoms with Gasteiger partial charge in [-0.3, -0.25) is 4.31 Å². The SMILES string of the molecule is COC(=O)c1ccc2c(c1F)C1(CCN(C(=O)OCc3ccccc3)CC1)C(C1CC1)N2S(=O)(=O)c1ccc(F)cc1. The summed E-state index contributed by atoms with van der Waals surface area (Å²) in [5.41, 5.74) is -0.145. The molecule has 1 aliphatic carbocycles. The quantitative estimate of drug-likeness (QED) is 0.354. The molecule has 2 aliphatic heterocycles. The van der Waals surface area contributed by atoms with Crippen molar-refractivity contribution in [3.63, 3.8) is 0 Å². The summed E-state index contributed by atoms with van der Waals surface area (Å²) in [6.07, 6.45) is 1.53. The molecule has 1 saturated carbocycles. The van der Waals surface area contributed by atoms with E-state index in [1.165, 1.54) is 28.6 Å². The highest BCUT2D eigenvalue weighted by Gasteiger charge is 2.61. The normalized spacial score (nSPS) is 19.5. The predicted molar refractivity (Wildman–Crippen MR) is 149 cm³/mol. The first-order chi connectivity index (χ1) is 20.2. The van der Waals surface area contributed by atoms with E-state index in [0.717, 1.165) is 37.6 Å². The predicted octanol–water partition coefficient (Wildman–Crippen LogP) is 5.41. The number of esters is 1. The Morgan fingerprint density at radius 1 is 0.952 bits per heavy atom. The third-order valence-electron chi connectivity index (χ3n) is 8.64. The number of ether oxygens (including phenoxy) is 2. The van der Waals surface area contributed by atoms with Crippen molar-refractivity contribution < 1.29 is 36.3 Å². The van der Waals surface area contributed by atoms with Crippen molar-refractivity contribution >= 4 is 27.8 Å². The molecule has 2 fully saturated rings. The van der Waals surface area contributed by atoms with Crippen LogP contribution in [0.3, 0.4) is 0 Å². The van der Waals surface area contributed by atoms with Gasteiger partial charge in [0.05, 0.1) is 29.3 Å². The molecule has 42 heavy (non-hydrogen) atoms. The molecular weight excluding hydrogens is 566 g/mol. The van der Waals surface area contributed by atoms with Gasteiger partial charge in [-0.2, -0.15) is 0 Å².